The van der Waals surface area contributed by atoms with Gasteiger partial charge in [-0.1, -0.05) is 17.2 Å². The molecule has 4 heterocycles. The largest absolute Gasteiger partial charge is 0.481 e. The molecule has 11 nitrogen and oxygen atoms in total. The average Bonchev–Trinajstić information content (AvgIpc) is 3.33. The Morgan fingerprint density at radius 1 is 1.32 bits per heavy atom. The summed E-state index contributed by atoms with van der Waals surface area (Å²) in [6, 6.07) is 0. The van der Waals surface area contributed by atoms with Gasteiger partial charge in [-0.05, 0) is 39.5 Å². The van der Waals surface area contributed by atoms with Crippen LogP contribution >= 0.6 is 0 Å². The van der Waals surface area contributed by atoms with E-state index >= 15 is 0 Å². The first-order valence-electron chi connectivity index (χ1n) is 10.3. The van der Waals surface area contributed by atoms with Crippen LogP contribution in [-0.4, -0.2) is 59.5 Å². The second-order valence-corrected chi connectivity index (χ2v) is 9.64. The second-order valence-electron chi connectivity index (χ2n) is 9.64. The van der Waals surface area contributed by atoms with Crippen molar-refractivity contribution in [1.82, 2.24) is 29.8 Å². The van der Waals surface area contributed by atoms with Gasteiger partial charge in [-0.15, -0.1) is 0 Å². The molecule has 0 bridgehead atoms. The standard InChI is InChI=1S/C20H28N8O3/c1-12-13(26-31-25-12)9-28-11-21-15-16(22-18(23-17(15)28)24-19(2,3)4)27-7-6-20(5,10-27)8-14(29)30/h11H,6-10H2,1-5H3,(H,29,30)(H,22,23,24). The SMILES string of the molecule is Cc1nonc1Cn1cnc2c(N3CCC(C)(CC(=O)O)C3)nc(NC(C)(C)C)nc21. The molecule has 3 aromatic heterocycles. The van der Waals surface area contributed by atoms with E-state index in [4.69, 9.17) is 14.6 Å². The van der Waals surface area contributed by atoms with E-state index < -0.39 is 5.97 Å². The van der Waals surface area contributed by atoms with Crippen LogP contribution in [0.3, 0.4) is 0 Å². The number of carboxylic acid groups (broad SMARTS) is 1. The van der Waals surface area contributed by atoms with Gasteiger partial charge in [0.25, 0.3) is 0 Å². The van der Waals surface area contributed by atoms with Crippen LogP contribution in [0.2, 0.25) is 0 Å². The zero-order valence-corrected chi connectivity index (χ0v) is 18.5. The van der Waals surface area contributed by atoms with Crippen LogP contribution < -0.4 is 10.2 Å². The van der Waals surface area contributed by atoms with E-state index in [9.17, 15) is 9.90 Å². The minimum absolute atomic E-state index is 0.123. The Labute approximate surface area is 179 Å². The van der Waals surface area contributed by atoms with E-state index in [1.165, 1.54) is 0 Å². The number of fused-ring (bicyclic) bond motifs is 1. The molecule has 0 aliphatic carbocycles. The Bertz CT molecular complexity index is 1120. The fraction of sp³-hybridized carbons (Fsp3) is 0.600. The third-order valence-electron chi connectivity index (χ3n) is 5.43. The normalized spacial score (nSPS) is 19.3. The highest BCUT2D eigenvalue weighted by Gasteiger charge is 2.37. The number of anilines is 2. The van der Waals surface area contributed by atoms with Crippen LogP contribution in [0.15, 0.2) is 11.0 Å². The first kappa shape index (κ1) is 21.0. The van der Waals surface area contributed by atoms with Gasteiger partial charge in [-0.25, -0.2) is 9.61 Å². The minimum Gasteiger partial charge on any atom is -0.481 e. The summed E-state index contributed by atoms with van der Waals surface area (Å²) < 4.78 is 6.72. The Morgan fingerprint density at radius 2 is 2.10 bits per heavy atom. The molecule has 0 aromatic carbocycles. The monoisotopic (exact) mass is 428 g/mol. The van der Waals surface area contributed by atoms with Crippen LogP contribution in [-0.2, 0) is 11.3 Å². The zero-order chi connectivity index (χ0) is 22.4. The number of aryl methyl sites for hydroxylation is 1. The summed E-state index contributed by atoms with van der Waals surface area (Å²) in [4.78, 5) is 27.5. The minimum atomic E-state index is -0.784. The highest BCUT2D eigenvalue weighted by Crippen LogP contribution is 2.37. The summed E-state index contributed by atoms with van der Waals surface area (Å²) in [6.45, 7) is 11.7. The van der Waals surface area contributed by atoms with Gasteiger partial charge >= 0.3 is 5.97 Å². The number of nitrogens with one attached hydrogen (secondary N) is 1. The molecule has 0 radical (unpaired) electrons. The number of nitrogens with zero attached hydrogens (tertiary/aromatic N) is 7. The van der Waals surface area contributed by atoms with Crippen molar-refractivity contribution in [2.45, 2.75) is 59.5 Å². The number of aliphatic carboxylic acids is 1. The first-order valence-corrected chi connectivity index (χ1v) is 10.3. The molecule has 11 heteroatoms. The predicted octanol–water partition coefficient (Wildman–Crippen LogP) is 2.47. The fourth-order valence-corrected chi connectivity index (χ4v) is 3.93. The summed E-state index contributed by atoms with van der Waals surface area (Å²) in [5.41, 5.74) is 2.23. The topological polar surface area (TPSA) is 135 Å². The summed E-state index contributed by atoms with van der Waals surface area (Å²) >= 11 is 0. The van der Waals surface area contributed by atoms with Gasteiger partial charge in [0.15, 0.2) is 17.0 Å². The van der Waals surface area contributed by atoms with E-state index in [0.717, 1.165) is 6.42 Å². The van der Waals surface area contributed by atoms with E-state index in [2.05, 4.69) is 25.5 Å². The summed E-state index contributed by atoms with van der Waals surface area (Å²) in [5.74, 6) is 0.423. The Hall–Kier alpha value is -3.24. The number of aromatic nitrogens is 6. The average molecular weight is 428 g/mol. The van der Waals surface area contributed by atoms with Gasteiger partial charge in [0, 0.05) is 18.6 Å². The van der Waals surface area contributed by atoms with Crippen molar-refractivity contribution < 1.29 is 14.5 Å². The summed E-state index contributed by atoms with van der Waals surface area (Å²) in [6.07, 6.45) is 2.61. The lowest BCUT2D eigenvalue weighted by molar-refractivity contribution is -0.139. The second kappa shape index (κ2) is 7.47. The lowest BCUT2D eigenvalue weighted by atomic mass is 9.86. The molecular formula is C20H28N8O3. The van der Waals surface area contributed by atoms with Gasteiger partial charge in [-0.2, -0.15) is 9.97 Å². The van der Waals surface area contributed by atoms with Crippen molar-refractivity contribution in [2.75, 3.05) is 23.3 Å². The van der Waals surface area contributed by atoms with E-state index in [0.29, 0.717) is 54.0 Å². The molecule has 31 heavy (non-hydrogen) atoms. The maximum absolute atomic E-state index is 11.3. The van der Waals surface area contributed by atoms with Gasteiger partial charge < -0.3 is 19.9 Å². The van der Waals surface area contributed by atoms with Crippen molar-refractivity contribution in [3.05, 3.63) is 17.7 Å². The smallest absolute Gasteiger partial charge is 0.303 e. The lowest BCUT2D eigenvalue weighted by Gasteiger charge is -2.25. The molecule has 1 aliphatic rings. The van der Waals surface area contributed by atoms with E-state index in [-0.39, 0.29) is 17.4 Å². The van der Waals surface area contributed by atoms with Crippen LogP contribution in [0.4, 0.5) is 11.8 Å². The van der Waals surface area contributed by atoms with Crippen molar-refractivity contribution in [2.24, 2.45) is 5.41 Å². The molecule has 1 atom stereocenters. The van der Waals surface area contributed by atoms with Gasteiger partial charge in [0.2, 0.25) is 5.95 Å². The van der Waals surface area contributed by atoms with Gasteiger partial charge in [0.05, 0.1) is 19.3 Å². The van der Waals surface area contributed by atoms with Crippen molar-refractivity contribution in [1.29, 1.82) is 0 Å². The highest BCUT2D eigenvalue weighted by atomic mass is 16.6. The van der Waals surface area contributed by atoms with Crippen LogP contribution in [0.1, 0.15) is 51.9 Å². The summed E-state index contributed by atoms with van der Waals surface area (Å²) in [5, 5.41) is 20.5. The van der Waals surface area contributed by atoms with Gasteiger partial charge in [0.1, 0.15) is 11.4 Å². The predicted molar refractivity (Wildman–Crippen MR) is 114 cm³/mol. The van der Waals surface area contributed by atoms with Crippen LogP contribution in [0.25, 0.3) is 11.2 Å². The molecule has 0 amide bonds. The molecular weight excluding hydrogens is 400 g/mol. The van der Waals surface area contributed by atoms with Crippen molar-refractivity contribution >= 4 is 28.9 Å². The Kier molecular flexibility index (Phi) is 5.06. The number of imidazole rings is 1. The molecule has 1 aliphatic heterocycles. The first-order chi connectivity index (χ1) is 14.5. The number of carbonyl (C=O) groups is 1. The van der Waals surface area contributed by atoms with Crippen LogP contribution in [0, 0.1) is 12.3 Å². The number of rotatable bonds is 6. The third-order valence-corrected chi connectivity index (χ3v) is 5.43. The lowest BCUT2D eigenvalue weighted by Crippen LogP contribution is -2.30. The Balaban J connectivity index is 1.75. The fourth-order valence-electron chi connectivity index (χ4n) is 3.93. The Morgan fingerprint density at radius 3 is 2.74 bits per heavy atom. The third kappa shape index (κ3) is 4.44. The quantitative estimate of drug-likeness (QED) is 0.602. The van der Waals surface area contributed by atoms with Crippen LogP contribution in [0.5, 0.6) is 0 Å². The molecule has 1 fully saturated rings. The van der Waals surface area contributed by atoms with Gasteiger partial charge in [-0.3, -0.25) is 4.79 Å². The molecule has 4 rings (SSSR count). The molecule has 0 spiro atoms. The highest BCUT2D eigenvalue weighted by molar-refractivity contribution is 5.85. The van der Waals surface area contributed by atoms with E-state index in [1.54, 1.807) is 6.33 Å². The molecule has 2 N–H and O–H groups in total. The van der Waals surface area contributed by atoms with E-state index in [1.807, 2.05) is 39.2 Å². The molecule has 166 valence electrons. The number of hydrogen-bond donors (Lipinski definition) is 2. The van der Waals surface area contributed by atoms with Crippen molar-refractivity contribution in [3.8, 4) is 0 Å². The number of hydrogen-bond acceptors (Lipinski definition) is 9. The number of carboxylic acids is 1. The maximum atomic E-state index is 11.3. The molecule has 1 unspecified atom stereocenters. The molecule has 3 aromatic rings. The summed E-state index contributed by atoms with van der Waals surface area (Å²) in [7, 11) is 0. The van der Waals surface area contributed by atoms with Crippen molar-refractivity contribution in [3.63, 3.8) is 0 Å². The molecule has 0 saturated carbocycles. The molecule has 1 saturated heterocycles. The maximum Gasteiger partial charge on any atom is 0.303 e. The zero-order valence-electron chi connectivity index (χ0n) is 18.5.